The molecule has 0 bridgehead atoms. The Morgan fingerprint density at radius 1 is 1.17 bits per heavy atom. The molecule has 1 atom stereocenters. The molecule has 0 heterocycles. The van der Waals surface area contributed by atoms with Gasteiger partial charge in [0, 0.05) is 15.0 Å². The fraction of sp³-hybridized carbons (Fsp3) is 0.200. The zero-order valence-electron chi connectivity index (χ0n) is 10.2. The Balaban J connectivity index is 2.23. The molecule has 3 heteroatoms. The van der Waals surface area contributed by atoms with Gasteiger partial charge in [0.15, 0.2) is 0 Å². The summed E-state index contributed by atoms with van der Waals surface area (Å²) < 4.78 is 1.06. The molecule has 0 aliphatic heterocycles. The van der Waals surface area contributed by atoms with Crippen molar-refractivity contribution in [1.82, 2.24) is 0 Å². The van der Waals surface area contributed by atoms with Crippen LogP contribution in [-0.2, 0) is 12.0 Å². The maximum absolute atomic E-state index is 6.41. The summed E-state index contributed by atoms with van der Waals surface area (Å²) in [7, 11) is 0. The first-order valence-corrected chi connectivity index (χ1v) is 6.94. The van der Waals surface area contributed by atoms with Crippen molar-refractivity contribution in [2.75, 3.05) is 0 Å². The summed E-state index contributed by atoms with van der Waals surface area (Å²) in [6.45, 7) is 2.04. The molecule has 0 fully saturated rings. The molecule has 0 amide bonds. The first-order chi connectivity index (χ1) is 8.47. The van der Waals surface area contributed by atoms with Gasteiger partial charge in [-0.25, -0.2) is 0 Å². The lowest BCUT2D eigenvalue weighted by Crippen LogP contribution is -2.35. The van der Waals surface area contributed by atoms with Gasteiger partial charge < -0.3 is 5.73 Å². The van der Waals surface area contributed by atoms with E-state index in [0.717, 1.165) is 27.0 Å². The minimum absolute atomic E-state index is 0.397. The predicted octanol–water partition coefficient (Wildman–Crippen LogP) is 4.52. The summed E-state index contributed by atoms with van der Waals surface area (Å²) in [5, 5.41) is 0.749. The standard InChI is InChI=1S/C15H15BrClN/c1-15(18,12-5-7-13(16)8-6-12)10-11-3-2-4-14(17)9-11/h2-9H,10,18H2,1H3. The second kappa shape index (κ2) is 5.43. The third kappa shape index (κ3) is 3.35. The lowest BCUT2D eigenvalue weighted by Gasteiger charge is -2.25. The van der Waals surface area contributed by atoms with Gasteiger partial charge in [-0.15, -0.1) is 0 Å². The Bertz CT molecular complexity index is 534. The highest BCUT2D eigenvalue weighted by atomic mass is 79.9. The predicted molar refractivity (Wildman–Crippen MR) is 80.8 cm³/mol. The Kier molecular flexibility index (Phi) is 4.10. The maximum atomic E-state index is 6.41. The van der Waals surface area contributed by atoms with Crippen LogP contribution >= 0.6 is 27.5 Å². The third-order valence-electron chi connectivity index (χ3n) is 2.96. The highest BCUT2D eigenvalue weighted by molar-refractivity contribution is 9.10. The van der Waals surface area contributed by atoms with Gasteiger partial charge in [-0.2, -0.15) is 0 Å². The molecule has 18 heavy (non-hydrogen) atoms. The molecule has 0 aromatic heterocycles. The smallest absolute Gasteiger partial charge is 0.0421 e. The van der Waals surface area contributed by atoms with Gasteiger partial charge in [0.25, 0.3) is 0 Å². The summed E-state index contributed by atoms with van der Waals surface area (Å²) in [5.74, 6) is 0. The average molecular weight is 325 g/mol. The first kappa shape index (κ1) is 13.6. The summed E-state index contributed by atoms with van der Waals surface area (Å²) in [6.07, 6.45) is 0.759. The van der Waals surface area contributed by atoms with Crippen molar-refractivity contribution < 1.29 is 0 Å². The Morgan fingerprint density at radius 3 is 2.44 bits per heavy atom. The summed E-state index contributed by atoms with van der Waals surface area (Å²) >= 11 is 9.42. The largest absolute Gasteiger partial charge is 0.321 e. The first-order valence-electron chi connectivity index (χ1n) is 5.77. The van der Waals surface area contributed by atoms with E-state index in [0.29, 0.717) is 0 Å². The van der Waals surface area contributed by atoms with E-state index in [1.165, 1.54) is 0 Å². The van der Waals surface area contributed by atoms with E-state index in [4.69, 9.17) is 17.3 Å². The van der Waals surface area contributed by atoms with Crippen LogP contribution in [0.3, 0.4) is 0 Å². The van der Waals surface area contributed by atoms with Crippen molar-refractivity contribution in [2.24, 2.45) is 5.73 Å². The molecule has 0 saturated carbocycles. The molecule has 2 rings (SSSR count). The zero-order chi connectivity index (χ0) is 13.2. The van der Waals surface area contributed by atoms with E-state index in [1.54, 1.807) is 0 Å². The van der Waals surface area contributed by atoms with Gasteiger partial charge in [0.1, 0.15) is 0 Å². The molecule has 94 valence electrons. The van der Waals surface area contributed by atoms with Crippen molar-refractivity contribution in [3.8, 4) is 0 Å². The van der Waals surface area contributed by atoms with Gasteiger partial charge >= 0.3 is 0 Å². The Morgan fingerprint density at radius 2 is 1.83 bits per heavy atom. The van der Waals surface area contributed by atoms with E-state index in [9.17, 15) is 0 Å². The molecule has 0 aliphatic rings. The Labute approximate surface area is 121 Å². The van der Waals surface area contributed by atoms with Crippen LogP contribution in [-0.4, -0.2) is 0 Å². The molecule has 0 saturated heterocycles. The molecule has 1 unspecified atom stereocenters. The van der Waals surface area contributed by atoms with Gasteiger partial charge in [-0.1, -0.05) is 51.8 Å². The zero-order valence-corrected chi connectivity index (χ0v) is 12.5. The highest BCUT2D eigenvalue weighted by Crippen LogP contribution is 2.25. The van der Waals surface area contributed by atoms with Crippen LogP contribution in [0.2, 0.25) is 5.02 Å². The van der Waals surface area contributed by atoms with E-state index in [1.807, 2.05) is 37.3 Å². The van der Waals surface area contributed by atoms with Crippen LogP contribution < -0.4 is 5.73 Å². The van der Waals surface area contributed by atoms with Crippen LogP contribution in [0, 0.1) is 0 Å². The average Bonchev–Trinajstić information content (AvgIpc) is 2.29. The van der Waals surface area contributed by atoms with Crippen LogP contribution in [0.1, 0.15) is 18.1 Å². The van der Waals surface area contributed by atoms with Crippen molar-refractivity contribution in [2.45, 2.75) is 18.9 Å². The molecule has 2 aromatic rings. The molecule has 0 radical (unpaired) electrons. The molecule has 0 aliphatic carbocycles. The lowest BCUT2D eigenvalue weighted by molar-refractivity contribution is 0.491. The van der Waals surface area contributed by atoms with Crippen molar-refractivity contribution in [3.05, 3.63) is 69.2 Å². The lowest BCUT2D eigenvalue weighted by atomic mass is 9.87. The van der Waals surface area contributed by atoms with E-state index >= 15 is 0 Å². The second-order valence-corrected chi connectivity index (χ2v) is 6.08. The number of hydrogen-bond donors (Lipinski definition) is 1. The molecular weight excluding hydrogens is 310 g/mol. The quantitative estimate of drug-likeness (QED) is 0.882. The van der Waals surface area contributed by atoms with Gasteiger partial charge in [0.2, 0.25) is 0 Å². The van der Waals surface area contributed by atoms with Crippen LogP contribution in [0.15, 0.2) is 53.0 Å². The summed E-state index contributed by atoms with van der Waals surface area (Å²) in [6, 6.07) is 16.0. The van der Waals surface area contributed by atoms with Gasteiger partial charge in [0.05, 0.1) is 0 Å². The molecule has 0 spiro atoms. The van der Waals surface area contributed by atoms with Crippen molar-refractivity contribution in [1.29, 1.82) is 0 Å². The van der Waals surface area contributed by atoms with Crippen LogP contribution in [0.4, 0.5) is 0 Å². The highest BCUT2D eigenvalue weighted by Gasteiger charge is 2.21. The minimum Gasteiger partial charge on any atom is -0.321 e. The molecule has 2 N–H and O–H groups in total. The third-order valence-corrected chi connectivity index (χ3v) is 3.73. The fourth-order valence-electron chi connectivity index (χ4n) is 2.00. The monoisotopic (exact) mass is 323 g/mol. The van der Waals surface area contributed by atoms with E-state index in [2.05, 4.69) is 34.1 Å². The maximum Gasteiger partial charge on any atom is 0.0421 e. The second-order valence-electron chi connectivity index (χ2n) is 4.73. The number of rotatable bonds is 3. The number of hydrogen-bond acceptors (Lipinski definition) is 1. The SMILES string of the molecule is CC(N)(Cc1cccc(Cl)c1)c1ccc(Br)cc1. The van der Waals surface area contributed by atoms with E-state index in [-0.39, 0.29) is 0 Å². The van der Waals surface area contributed by atoms with Crippen LogP contribution in [0.5, 0.6) is 0 Å². The topological polar surface area (TPSA) is 26.0 Å². The number of benzene rings is 2. The van der Waals surface area contributed by atoms with Gasteiger partial charge in [-0.3, -0.25) is 0 Å². The normalized spacial score (nSPS) is 14.2. The minimum atomic E-state index is -0.397. The number of halogens is 2. The number of nitrogens with two attached hydrogens (primary N) is 1. The van der Waals surface area contributed by atoms with Crippen molar-refractivity contribution in [3.63, 3.8) is 0 Å². The van der Waals surface area contributed by atoms with Gasteiger partial charge in [-0.05, 0) is 48.7 Å². The molecule has 2 aromatic carbocycles. The molecule has 1 nitrogen and oxygen atoms in total. The van der Waals surface area contributed by atoms with E-state index < -0.39 is 5.54 Å². The summed E-state index contributed by atoms with van der Waals surface area (Å²) in [4.78, 5) is 0. The van der Waals surface area contributed by atoms with Crippen molar-refractivity contribution >= 4 is 27.5 Å². The molecular formula is C15H15BrClN. The summed E-state index contributed by atoms with van der Waals surface area (Å²) in [5.41, 5.74) is 8.28. The Hall–Kier alpha value is -0.830. The van der Waals surface area contributed by atoms with Crippen LogP contribution in [0.25, 0.3) is 0 Å². The fourth-order valence-corrected chi connectivity index (χ4v) is 2.48.